The first-order chi connectivity index (χ1) is 16.8. The van der Waals surface area contributed by atoms with Crippen molar-refractivity contribution in [1.29, 1.82) is 0 Å². The van der Waals surface area contributed by atoms with Gasteiger partial charge in [-0.3, -0.25) is 9.69 Å². The normalized spacial score (nSPS) is 25.7. The second-order valence-corrected chi connectivity index (χ2v) is 9.90. The van der Waals surface area contributed by atoms with Crippen LogP contribution in [0.25, 0.3) is 0 Å². The molecule has 2 aliphatic heterocycles. The van der Waals surface area contributed by atoms with E-state index in [1.807, 2.05) is 44.2 Å². The van der Waals surface area contributed by atoms with Gasteiger partial charge in [-0.2, -0.15) is 0 Å². The Kier molecular flexibility index (Phi) is 6.26. The van der Waals surface area contributed by atoms with Gasteiger partial charge in [-0.1, -0.05) is 53.5 Å². The van der Waals surface area contributed by atoms with Crippen LogP contribution in [0.1, 0.15) is 36.5 Å². The highest BCUT2D eigenvalue weighted by molar-refractivity contribution is 6.31. The van der Waals surface area contributed by atoms with Crippen molar-refractivity contribution in [2.75, 3.05) is 11.9 Å². The van der Waals surface area contributed by atoms with Crippen molar-refractivity contribution in [2.24, 2.45) is 5.73 Å². The monoisotopic (exact) mass is 513 g/mol. The van der Waals surface area contributed by atoms with Gasteiger partial charge in [0.05, 0.1) is 11.6 Å². The molecule has 3 aromatic rings. The third-order valence-corrected chi connectivity index (χ3v) is 7.73. The Morgan fingerprint density at radius 3 is 2.69 bits per heavy atom. The summed E-state index contributed by atoms with van der Waals surface area (Å²) in [5, 5.41) is 3.49. The summed E-state index contributed by atoms with van der Waals surface area (Å²) < 4.78 is 21.2. The van der Waals surface area contributed by atoms with Crippen molar-refractivity contribution < 1.29 is 13.9 Å². The molecule has 0 aromatic heterocycles. The van der Waals surface area contributed by atoms with E-state index in [0.29, 0.717) is 29.4 Å². The molecule has 0 saturated carbocycles. The van der Waals surface area contributed by atoms with Crippen LogP contribution in [0.5, 0.6) is 5.75 Å². The highest BCUT2D eigenvalue weighted by Gasteiger charge is 2.65. The minimum absolute atomic E-state index is 0.00453. The van der Waals surface area contributed by atoms with E-state index in [4.69, 9.17) is 33.7 Å². The lowest BCUT2D eigenvalue weighted by molar-refractivity contribution is -0.128. The molecule has 3 N–H and O–H groups in total. The van der Waals surface area contributed by atoms with Crippen molar-refractivity contribution in [1.82, 2.24) is 4.90 Å². The maximum absolute atomic E-state index is 15.5. The van der Waals surface area contributed by atoms with Gasteiger partial charge in [0.1, 0.15) is 17.1 Å². The number of hydrogen-bond donors (Lipinski definition) is 2. The average molecular weight is 514 g/mol. The van der Waals surface area contributed by atoms with E-state index < -0.39 is 23.3 Å². The van der Waals surface area contributed by atoms with Gasteiger partial charge in [0, 0.05) is 40.8 Å². The van der Waals surface area contributed by atoms with E-state index in [1.165, 1.54) is 6.07 Å². The number of rotatable bonds is 5. The number of carbonyl (C=O) groups excluding carboxylic acids is 1. The van der Waals surface area contributed by atoms with Crippen molar-refractivity contribution >= 4 is 34.8 Å². The highest BCUT2D eigenvalue weighted by atomic mass is 35.5. The van der Waals surface area contributed by atoms with Gasteiger partial charge >= 0.3 is 0 Å². The molecule has 182 valence electrons. The molecule has 1 amide bonds. The van der Waals surface area contributed by atoms with Gasteiger partial charge in [-0.05, 0) is 55.3 Å². The van der Waals surface area contributed by atoms with Crippen LogP contribution < -0.4 is 15.8 Å². The molecular weight excluding hydrogens is 488 g/mol. The molecule has 2 aliphatic rings. The largest absolute Gasteiger partial charge is 0.494 e. The predicted octanol–water partition coefficient (Wildman–Crippen LogP) is 5.69. The lowest BCUT2D eigenvalue weighted by atomic mass is 9.73. The van der Waals surface area contributed by atoms with Crippen LogP contribution in [0.4, 0.5) is 10.1 Å². The number of likely N-dealkylation sites (tertiary alicyclic amines) is 1. The Labute approximate surface area is 214 Å². The standard InChI is InChI=1S/C27H26Cl2FN3O2/c1-3-35-18-7-4-6-16(12-18)14-33-15(2)25(31)23(19-8-5-9-21(29)24(19)30)27(33)20-11-10-17(28)13-22(20)32-26(27)34/h4-13,15,23,25H,3,14,31H2,1-2H3,(H,32,34). The molecule has 4 unspecified atom stereocenters. The zero-order valence-corrected chi connectivity index (χ0v) is 20.9. The van der Waals surface area contributed by atoms with E-state index in [2.05, 4.69) is 10.2 Å². The fourth-order valence-corrected chi connectivity index (χ4v) is 6.06. The Morgan fingerprint density at radius 1 is 1.14 bits per heavy atom. The van der Waals surface area contributed by atoms with Crippen molar-refractivity contribution in [3.63, 3.8) is 0 Å². The molecule has 4 atom stereocenters. The lowest BCUT2D eigenvalue weighted by Crippen LogP contribution is -2.51. The van der Waals surface area contributed by atoms with Crippen LogP contribution in [-0.4, -0.2) is 29.5 Å². The molecule has 0 radical (unpaired) electrons. The second kappa shape index (κ2) is 9.10. The maximum Gasteiger partial charge on any atom is 0.250 e. The average Bonchev–Trinajstić information content (AvgIpc) is 3.22. The number of nitrogens with one attached hydrogen (secondary N) is 1. The van der Waals surface area contributed by atoms with E-state index in [0.717, 1.165) is 16.9 Å². The van der Waals surface area contributed by atoms with E-state index in [-0.39, 0.29) is 17.0 Å². The molecule has 5 rings (SSSR count). The fraction of sp³-hybridized carbons (Fsp3) is 0.296. The fourth-order valence-electron chi connectivity index (χ4n) is 5.71. The molecule has 1 fully saturated rings. The molecule has 3 aromatic carbocycles. The van der Waals surface area contributed by atoms with E-state index in [9.17, 15) is 4.79 Å². The van der Waals surface area contributed by atoms with Crippen LogP contribution in [0.3, 0.4) is 0 Å². The molecule has 0 bridgehead atoms. The Hall–Kier alpha value is -2.64. The summed E-state index contributed by atoms with van der Waals surface area (Å²) in [6.45, 7) is 4.86. The molecule has 2 heterocycles. The van der Waals surface area contributed by atoms with Crippen LogP contribution >= 0.6 is 23.2 Å². The Morgan fingerprint density at radius 2 is 1.91 bits per heavy atom. The van der Waals surface area contributed by atoms with Gasteiger partial charge in [-0.15, -0.1) is 0 Å². The van der Waals surface area contributed by atoms with Crippen molar-refractivity contribution in [3.8, 4) is 5.75 Å². The van der Waals surface area contributed by atoms with Crippen LogP contribution in [0.15, 0.2) is 60.7 Å². The quantitative estimate of drug-likeness (QED) is 0.459. The number of fused-ring (bicyclic) bond motifs is 2. The smallest absolute Gasteiger partial charge is 0.250 e. The van der Waals surface area contributed by atoms with Gasteiger partial charge in [-0.25, -0.2) is 4.39 Å². The zero-order chi connectivity index (χ0) is 24.9. The number of hydrogen-bond acceptors (Lipinski definition) is 4. The second-order valence-electron chi connectivity index (χ2n) is 9.06. The summed E-state index contributed by atoms with van der Waals surface area (Å²) in [5.41, 5.74) is 8.15. The number of carbonyl (C=O) groups is 1. The number of benzene rings is 3. The number of nitrogens with zero attached hydrogens (tertiary/aromatic N) is 1. The molecule has 8 heteroatoms. The third-order valence-electron chi connectivity index (χ3n) is 7.20. The predicted molar refractivity (Wildman–Crippen MR) is 137 cm³/mol. The molecule has 1 saturated heterocycles. The summed E-state index contributed by atoms with van der Waals surface area (Å²) >= 11 is 12.4. The first-order valence-corrected chi connectivity index (χ1v) is 12.3. The number of nitrogens with two attached hydrogens (primary N) is 1. The van der Waals surface area contributed by atoms with E-state index >= 15 is 4.39 Å². The molecular formula is C27H26Cl2FN3O2. The SMILES string of the molecule is CCOc1cccc(CN2C(C)C(N)C(c3cccc(Cl)c3F)C23C(=O)Nc2cc(Cl)ccc23)c1. The zero-order valence-electron chi connectivity index (χ0n) is 19.4. The summed E-state index contributed by atoms with van der Waals surface area (Å²) in [4.78, 5) is 16.0. The maximum atomic E-state index is 15.5. The number of amides is 1. The third kappa shape index (κ3) is 3.71. The summed E-state index contributed by atoms with van der Waals surface area (Å²) in [5.74, 6) is -0.763. The Balaban J connectivity index is 1.72. The van der Waals surface area contributed by atoms with Gasteiger partial charge < -0.3 is 15.8 Å². The lowest BCUT2D eigenvalue weighted by Gasteiger charge is -2.39. The van der Waals surface area contributed by atoms with Crippen LogP contribution in [0, 0.1) is 5.82 Å². The molecule has 35 heavy (non-hydrogen) atoms. The highest BCUT2D eigenvalue weighted by Crippen LogP contribution is 2.57. The number of halogens is 3. The van der Waals surface area contributed by atoms with Gasteiger partial charge in [0.2, 0.25) is 5.91 Å². The van der Waals surface area contributed by atoms with Crippen LogP contribution in [0.2, 0.25) is 10.0 Å². The Bertz CT molecular complexity index is 1300. The minimum Gasteiger partial charge on any atom is -0.494 e. The molecule has 1 spiro atoms. The number of anilines is 1. The first kappa shape index (κ1) is 24.1. The van der Waals surface area contributed by atoms with Crippen LogP contribution in [-0.2, 0) is 16.9 Å². The number of ether oxygens (including phenoxy) is 1. The van der Waals surface area contributed by atoms with Gasteiger partial charge in [0.25, 0.3) is 0 Å². The minimum atomic E-state index is -1.26. The van der Waals surface area contributed by atoms with Gasteiger partial charge in [0.15, 0.2) is 0 Å². The summed E-state index contributed by atoms with van der Waals surface area (Å²) in [7, 11) is 0. The molecule has 5 nitrogen and oxygen atoms in total. The van der Waals surface area contributed by atoms with Crippen molar-refractivity contribution in [3.05, 3.63) is 93.2 Å². The topological polar surface area (TPSA) is 67.6 Å². The summed E-state index contributed by atoms with van der Waals surface area (Å²) in [6, 6.07) is 17.1. The summed E-state index contributed by atoms with van der Waals surface area (Å²) in [6.07, 6.45) is 0. The molecule has 0 aliphatic carbocycles. The first-order valence-electron chi connectivity index (χ1n) is 11.6. The van der Waals surface area contributed by atoms with Crippen molar-refractivity contribution in [2.45, 2.75) is 43.9 Å². The van der Waals surface area contributed by atoms with E-state index in [1.54, 1.807) is 24.3 Å².